The SMILES string of the molecule is CSc1ccc(N2CC(C(=O)Nc3ccc(C(=O)NC4CCCCC4)cc3C)CC2=O)cc1. The number of nitrogens with zero attached hydrogens (tertiary/aromatic N) is 1. The lowest BCUT2D eigenvalue weighted by atomic mass is 9.95. The minimum Gasteiger partial charge on any atom is -0.349 e. The van der Waals surface area contributed by atoms with Gasteiger partial charge in [-0.05, 0) is 74.0 Å². The third-order valence-corrected chi connectivity index (χ3v) is 7.31. The molecular weight excluding hydrogens is 434 g/mol. The molecule has 7 heteroatoms. The summed E-state index contributed by atoms with van der Waals surface area (Å²) in [5.74, 6) is -0.689. The number of hydrogen-bond donors (Lipinski definition) is 2. The number of aryl methyl sites for hydroxylation is 1. The van der Waals surface area contributed by atoms with Crippen LogP contribution in [0.4, 0.5) is 11.4 Å². The Bertz CT molecular complexity index is 1030. The van der Waals surface area contributed by atoms with Crippen molar-refractivity contribution in [1.29, 1.82) is 0 Å². The maximum absolute atomic E-state index is 12.9. The molecule has 174 valence electrons. The standard InChI is InChI=1S/C26H31N3O3S/c1-17-14-18(25(31)27-20-6-4-3-5-7-20)8-13-23(17)28-26(32)19-15-24(30)29(16-19)21-9-11-22(33-2)12-10-21/h8-14,19-20H,3-7,15-16H2,1-2H3,(H,27,31)(H,28,32). The number of thioether (sulfide) groups is 1. The summed E-state index contributed by atoms with van der Waals surface area (Å²) in [5, 5.41) is 6.09. The molecule has 2 aromatic rings. The van der Waals surface area contributed by atoms with Gasteiger partial charge in [-0.1, -0.05) is 19.3 Å². The molecule has 1 heterocycles. The van der Waals surface area contributed by atoms with E-state index in [-0.39, 0.29) is 30.2 Å². The topological polar surface area (TPSA) is 78.5 Å². The molecule has 2 aliphatic rings. The van der Waals surface area contributed by atoms with Crippen molar-refractivity contribution in [3.63, 3.8) is 0 Å². The van der Waals surface area contributed by atoms with Gasteiger partial charge in [0.1, 0.15) is 0 Å². The van der Waals surface area contributed by atoms with Crippen molar-refractivity contribution in [3.8, 4) is 0 Å². The summed E-state index contributed by atoms with van der Waals surface area (Å²) in [6, 6.07) is 13.4. The fourth-order valence-corrected chi connectivity index (χ4v) is 5.00. The molecule has 1 atom stereocenters. The van der Waals surface area contributed by atoms with Crippen LogP contribution in [0.15, 0.2) is 47.4 Å². The Balaban J connectivity index is 1.36. The van der Waals surface area contributed by atoms with E-state index >= 15 is 0 Å². The van der Waals surface area contributed by atoms with Gasteiger partial charge >= 0.3 is 0 Å². The second-order valence-corrected chi connectivity index (χ2v) is 9.81. The van der Waals surface area contributed by atoms with E-state index in [4.69, 9.17) is 0 Å². The number of carbonyl (C=O) groups is 3. The molecule has 0 aromatic heterocycles. The van der Waals surface area contributed by atoms with Crippen LogP contribution in [0.25, 0.3) is 0 Å². The van der Waals surface area contributed by atoms with E-state index < -0.39 is 5.92 Å². The van der Waals surface area contributed by atoms with Crippen LogP contribution in [0.1, 0.15) is 54.4 Å². The van der Waals surface area contributed by atoms with Gasteiger partial charge in [0.05, 0.1) is 5.92 Å². The van der Waals surface area contributed by atoms with Crippen molar-refractivity contribution in [2.24, 2.45) is 5.92 Å². The molecule has 0 bridgehead atoms. The molecule has 33 heavy (non-hydrogen) atoms. The van der Waals surface area contributed by atoms with Gasteiger partial charge in [-0.2, -0.15) is 0 Å². The molecule has 1 aliphatic heterocycles. The molecule has 2 aromatic carbocycles. The molecule has 0 radical (unpaired) electrons. The highest BCUT2D eigenvalue weighted by molar-refractivity contribution is 7.98. The molecular formula is C26H31N3O3S. The second kappa shape index (κ2) is 10.4. The first-order chi connectivity index (χ1) is 15.9. The van der Waals surface area contributed by atoms with Gasteiger partial charge in [0.25, 0.3) is 5.91 Å². The van der Waals surface area contributed by atoms with E-state index in [9.17, 15) is 14.4 Å². The Labute approximate surface area is 199 Å². The highest BCUT2D eigenvalue weighted by Gasteiger charge is 2.35. The summed E-state index contributed by atoms with van der Waals surface area (Å²) in [6.07, 6.45) is 7.85. The first-order valence-corrected chi connectivity index (χ1v) is 12.8. The maximum Gasteiger partial charge on any atom is 0.251 e. The predicted octanol–water partition coefficient (Wildman–Crippen LogP) is 4.77. The van der Waals surface area contributed by atoms with Gasteiger partial charge < -0.3 is 15.5 Å². The lowest BCUT2D eigenvalue weighted by Crippen LogP contribution is -2.36. The lowest BCUT2D eigenvalue weighted by molar-refractivity contribution is -0.122. The Kier molecular flexibility index (Phi) is 7.38. The normalized spacial score (nSPS) is 18.9. The highest BCUT2D eigenvalue weighted by Crippen LogP contribution is 2.28. The van der Waals surface area contributed by atoms with Gasteiger partial charge in [0.2, 0.25) is 11.8 Å². The van der Waals surface area contributed by atoms with Gasteiger partial charge in [0, 0.05) is 40.8 Å². The number of rotatable bonds is 6. The van der Waals surface area contributed by atoms with E-state index in [0.29, 0.717) is 17.8 Å². The van der Waals surface area contributed by atoms with Crippen molar-refractivity contribution in [2.45, 2.75) is 56.4 Å². The zero-order chi connectivity index (χ0) is 23.4. The quantitative estimate of drug-likeness (QED) is 0.603. The zero-order valence-corrected chi connectivity index (χ0v) is 20.0. The van der Waals surface area contributed by atoms with Crippen LogP contribution in [0.5, 0.6) is 0 Å². The highest BCUT2D eigenvalue weighted by atomic mass is 32.2. The van der Waals surface area contributed by atoms with Crippen LogP contribution in [0.2, 0.25) is 0 Å². The molecule has 6 nitrogen and oxygen atoms in total. The summed E-state index contributed by atoms with van der Waals surface area (Å²) in [7, 11) is 0. The van der Waals surface area contributed by atoms with E-state index in [0.717, 1.165) is 29.0 Å². The van der Waals surface area contributed by atoms with Crippen LogP contribution in [0, 0.1) is 12.8 Å². The zero-order valence-electron chi connectivity index (χ0n) is 19.2. The molecule has 1 unspecified atom stereocenters. The average molecular weight is 466 g/mol. The van der Waals surface area contributed by atoms with Gasteiger partial charge in [-0.25, -0.2) is 0 Å². The van der Waals surface area contributed by atoms with Crippen LogP contribution < -0.4 is 15.5 Å². The van der Waals surface area contributed by atoms with Gasteiger partial charge in [0.15, 0.2) is 0 Å². The number of amides is 3. The maximum atomic E-state index is 12.9. The molecule has 1 saturated heterocycles. The number of hydrogen-bond acceptors (Lipinski definition) is 4. The third kappa shape index (κ3) is 5.58. The van der Waals surface area contributed by atoms with Crippen LogP contribution >= 0.6 is 11.8 Å². The Morgan fingerprint density at radius 2 is 1.76 bits per heavy atom. The largest absolute Gasteiger partial charge is 0.349 e. The molecule has 0 spiro atoms. The fourth-order valence-electron chi connectivity index (χ4n) is 4.59. The first kappa shape index (κ1) is 23.4. The third-order valence-electron chi connectivity index (χ3n) is 6.57. The van der Waals surface area contributed by atoms with E-state index in [1.807, 2.05) is 43.5 Å². The molecule has 2 fully saturated rings. The summed E-state index contributed by atoms with van der Waals surface area (Å²) >= 11 is 1.65. The number of nitrogens with one attached hydrogen (secondary N) is 2. The van der Waals surface area contributed by atoms with Crippen molar-refractivity contribution in [1.82, 2.24) is 5.32 Å². The molecule has 1 aliphatic carbocycles. The molecule has 2 N–H and O–H groups in total. The number of anilines is 2. The predicted molar refractivity (Wildman–Crippen MR) is 133 cm³/mol. The van der Waals surface area contributed by atoms with Crippen LogP contribution in [-0.4, -0.2) is 36.6 Å². The number of benzene rings is 2. The van der Waals surface area contributed by atoms with E-state index in [1.165, 1.54) is 19.3 Å². The van der Waals surface area contributed by atoms with Crippen molar-refractivity contribution in [3.05, 3.63) is 53.6 Å². The van der Waals surface area contributed by atoms with Gasteiger partial charge in [-0.3, -0.25) is 14.4 Å². The monoisotopic (exact) mass is 465 g/mol. The minimum absolute atomic E-state index is 0.0431. The molecule has 1 saturated carbocycles. The second-order valence-electron chi connectivity index (χ2n) is 8.93. The summed E-state index contributed by atoms with van der Waals surface area (Å²) in [6.45, 7) is 2.25. The van der Waals surface area contributed by atoms with E-state index in [1.54, 1.807) is 28.8 Å². The Morgan fingerprint density at radius 1 is 1.03 bits per heavy atom. The fraction of sp³-hybridized carbons (Fsp3) is 0.423. The van der Waals surface area contributed by atoms with Crippen LogP contribution in [0.3, 0.4) is 0 Å². The smallest absolute Gasteiger partial charge is 0.251 e. The van der Waals surface area contributed by atoms with Crippen LogP contribution in [-0.2, 0) is 9.59 Å². The first-order valence-electron chi connectivity index (χ1n) is 11.6. The molecule has 3 amide bonds. The minimum atomic E-state index is -0.411. The summed E-state index contributed by atoms with van der Waals surface area (Å²) < 4.78 is 0. The summed E-state index contributed by atoms with van der Waals surface area (Å²) in [5.41, 5.74) is 2.92. The van der Waals surface area contributed by atoms with E-state index in [2.05, 4.69) is 10.6 Å². The van der Waals surface area contributed by atoms with Crippen molar-refractivity contribution in [2.75, 3.05) is 23.0 Å². The lowest BCUT2D eigenvalue weighted by Gasteiger charge is -2.23. The van der Waals surface area contributed by atoms with Gasteiger partial charge in [-0.15, -0.1) is 11.8 Å². The number of carbonyl (C=O) groups excluding carboxylic acids is 3. The summed E-state index contributed by atoms with van der Waals surface area (Å²) in [4.78, 5) is 40.9. The van der Waals surface area contributed by atoms with Crippen molar-refractivity contribution >= 4 is 40.9 Å². The Morgan fingerprint density at radius 3 is 2.42 bits per heavy atom. The van der Waals surface area contributed by atoms with Crippen molar-refractivity contribution < 1.29 is 14.4 Å². The molecule has 4 rings (SSSR count). The Hall–Kier alpha value is -2.80. The average Bonchev–Trinajstić information content (AvgIpc) is 3.22.